The van der Waals surface area contributed by atoms with Gasteiger partial charge in [-0.15, -0.1) is 0 Å². The Kier molecular flexibility index (Phi) is 3.45. The van der Waals surface area contributed by atoms with Crippen molar-refractivity contribution >= 4 is 17.0 Å². The third kappa shape index (κ3) is 2.42. The summed E-state index contributed by atoms with van der Waals surface area (Å²) in [5.74, 6) is 0.491. The third-order valence-corrected chi connectivity index (χ3v) is 4.50. The maximum Gasteiger partial charge on any atom is 0.251 e. The average molecular weight is 288 g/mol. The van der Waals surface area contributed by atoms with E-state index in [1.54, 1.807) is 32.2 Å². The van der Waals surface area contributed by atoms with Gasteiger partial charge >= 0.3 is 0 Å². The van der Waals surface area contributed by atoms with Crippen molar-refractivity contribution in [3.63, 3.8) is 0 Å². The molecule has 0 spiro atoms. The van der Waals surface area contributed by atoms with Gasteiger partial charge in [-0.2, -0.15) is 0 Å². The highest BCUT2D eigenvalue weighted by molar-refractivity contribution is 5.97. The van der Waals surface area contributed by atoms with E-state index in [9.17, 15) is 4.79 Å². The predicted molar refractivity (Wildman–Crippen MR) is 79.3 cm³/mol. The molecule has 1 aliphatic rings. The highest BCUT2D eigenvalue weighted by Crippen LogP contribution is 2.38. The Morgan fingerprint density at radius 1 is 1.48 bits per heavy atom. The van der Waals surface area contributed by atoms with E-state index < -0.39 is 0 Å². The topological polar surface area (TPSA) is 64.4 Å². The molecule has 1 saturated carbocycles. The van der Waals surface area contributed by atoms with Crippen LogP contribution in [0.1, 0.15) is 42.4 Å². The van der Waals surface area contributed by atoms with Gasteiger partial charge in [0.05, 0.1) is 11.6 Å². The molecule has 0 radical (unpaired) electrons. The summed E-state index contributed by atoms with van der Waals surface area (Å²) < 4.78 is 11.1. The van der Waals surface area contributed by atoms with Crippen molar-refractivity contribution in [1.82, 2.24) is 10.3 Å². The molecular formula is C16H20N2O3. The number of ether oxygens (including phenoxy) is 1. The second-order valence-corrected chi connectivity index (χ2v) is 5.73. The summed E-state index contributed by atoms with van der Waals surface area (Å²) in [5, 5.41) is 3.04. The van der Waals surface area contributed by atoms with Gasteiger partial charge in [-0.05, 0) is 44.4 Å². The van der Waals surface area contributed by atoms with Crippen molar-refractivity contribution in [3.8, 4) is 0 Å². The number of oxazole rings is 1. The predicted octanol–water partition coefficient (Wildman–Crippen LogP) is 2.82. The molecule has 1 unspecified atom stereocenters. The van der Waals surface area contributed by atoms with E-state index in [0.717, 1.165) is 24.8 Å². The number of carbonyl (C=O) groups is 1. The first-order valence-corrected chi connectivity index (χ1v) is 7.27. The fraction of sp³-hybridized carbons (Fsp3) is 0.500. The highest BCUT2D eigenvalue weighted by atomic mass is 16.5. The molecule has 21 heavy (non-hydrogen) atoms. The third-order valence-electron chi connectivity index (χ3n) is 4.50. The van der Waals surface area contributed by atoms with Crippen LogP contribution in [0.5, 0.6) is 0 Å². The summed E-state index contributed by atoms with van der Waals surface area (Å²) in [7, 11) is 1.71. The van der Waals surface area contributed by atoms with E-state index in [1.807, 2.05) is 6.92 Å². The number of amides is 1. The first kappa shape index (κ1) is 14.1. The number of hydrogen-bond donors (Lipinski definition) is 1. The van der Waals surface area contributed by atoms with Gasteiger partial charge in [0.1, 0.15) is 5.52 Å². The van der Waals surface area contributed by atoms with Crippen LogP contribution in [0.3, 0.4) is 0 Å². The smallest absolute Gasteiger partial charge is 0.251 e. The second-order valence-electron chi connectivity index (χ2n) is 5.73. The summed E-state index contributed by atoms with van der Waals surface area (Å²) in [5.41, 5.74) is 1.78. The monoisotopic (exact) mass is 288 g/mol. The number of aromatic nitrogens is 1. The molecule has 112 valence electrons. The van der Waals surface area contributed by atoms with Gasteiger partial charge < -0.3 is 14.5 Å². The minimum atomic E-state index is -0.206. The van der Waals surface area contributed by atoms with E-state index >= 15 is 0 Å². The Hall–Kier alpha value is -1.88. The van der Waals surface area contributed by atoms with E-state index in [0.29, 0.717) is 17.0 Å². The summed E-state index contributed by atoms with van der Waals surface area (Å²) in [6.45, 7) is 3.79. The van der Waals surface area contributed by atoms with E-state index in [2.05, 4.69) is 10.3 Å². The SMILES string of the molecule is COC1(C(C)NC(=O)c2ccc3nc(C)oc3c2)CCC1. The van der Waals surface area contributed by atoms with Gasteiger partial charge in [-0.1, -0.05) is 0 Å². The van der Waals surface area contributed by atoms with Crippen LogP contribution in [0.15, 0.2) is 22.6 Å². The van der Waals surface area contributed by atoms with Crippen molar-refractivity contribution in [3.05, 3.63) is 29.7 Å². The second kappa shape index (κ2) is 5.15. The van der Waals surface area contributed by atoms with Crippen LogP contribution in [0.25, 0.3) is 11.1 Å². The maximum atomic E-state index is 12.4. The molecule has 3 rings (SSSR count). The lowest BCUT2D eigenvalue weighted by atomic mass is 9.75. The number of hydrogen-bond acceptors (Lipinski definition) is 4. The molecule has 0 bridgehead atoms. The molecule has 1 fully saturated rings. The van der Waals surface area contributed by atoms with Gasteiger partial charge in [0.25, 0.3) is 5.91 Å². The molecule has 1 aromatic heterocycles. The molecule has 1 aliphatic carbocycles. The van der Waals surface area contributed by atoms with Crippen molar-refractivity contribution in [2.75, 3.05) is 7.11 Å². The lowest BCUT2D eigenvalue weighted by molar-refractivity contribution is -0.0919. The lowest BCUT2D eigenvalue weighted by Gasteiger charge is -2.45. The Bertz CT molecular complexity index is 668. The molecule has 5 nitrogen and oxygen atoms in total. The average Bonchev–Trinajstić information content (AvgIpc) is 2.76. The quantitative estimate of drug-likeness (QED) is 0.939. The molecule has 1 heterocycles. The Balaban J connectivity index is 1.77. The van der Waals surface area contributed by atoms with E-state index in [-0.39, 0.29) is 17.6 Å². The van der Waals surface area contributed by atoms with Crippen molar-refractivity contribution in [2.24, 2.45) is 0 Å². The summed E-state index contributed by atoms with van der Waals surface area (Å²) in [6, 6.07) is 5.29. The fourth-order valence-electron chi connectivity index (χ4n) is 2.93. The number of benzene rings is 1. The van der Waals surface area contributed by atoms with Gasteiger partial charge in [-0.25, -0.2) is 4.98 Å². The molecule has 1 amide bonds. The minimum Gasteiger partial charge on any atom is -0.441 e. The van der Waals surface area contributed by atoms with Gasteiger partial charge in [0, 0.05) is 19.6 Å². The molecule has 5 heteroatoms. The summed E-state index contributed by atoms with van der Waals surface area (Å²) in [6.07, 6.45) is 3.13. The zero-order chi connectivity index (χ0) is 15.0. The number of fused-ring (bicyclic) bond motifs is 1. The number of aryl methyl sites for hydroxylation is 1. The Morgan fingerprint density at radius 2 is 2.24 bits per heavy atom. The van der Waals surface area contributed by atoms with Crippen LogP contribution in [0.2, 0.25) is 0 Å². The molecule has 0 aliphatic heterocycles. The fourth-order valence-corrected chi connectivity index (χ4v) is 2.93. The van der Waals surface area contributed by atoms with E-state index in [1.165, 1.54) is 0 Å². The van der Waals surface area contributed by atoms with Crippen LogP contribution in [-0.4, -0.2) is 29.6 Å². The maximum absolute atomic E-state index is 12.4. The van der Waals surface area contributed by atoms with E-state index in [4.69, 9.17) is 9.15 Å². The van der Waals surface area contributed by atoms with Gasteiger partial charge in [0.2, 0.25) is 0 Å². The standard InChI is InChI=1S/C16H20N2O3/c1-10(16(20-3)7-4-8-16)17-15(19)12-5-6-13-14(9-12)21-11(2)18-13/h5-6,9-10H,4,7-8H2,1-3H3,(H,17,19). The number of rotatable bonds is 4. The largest absolute Gasteiger partial charge is 0.441 e. The zero-order valence-electron chi connectivity index (χ0n) is 12.6. The van der Waals surface area contributed by atoms with Gasteiger partial charge in [-0.3, -0.25) is 4.79 Å². The van der Waals surface area contributed by atoms with Gasteiger partial charge in [0.15, 0.2) is 11.5 Å². The van der Waals surface area contributed by atoms with Crippen LogP contribution in [0.4, 0.5) is 0 Å². The normalized spacial score (nSPS) is 18.2. The van der Waals surface area contributed by atoms with Crippen molar-refractivity contribution in [2.45, 2.75) is 44.8 Å². The zero-order valence-corrected chi connectivity index (χ0v) is 12.6. The molecule has 0 saturated heterocycles. The van der Waals surface area contributed by atoms with Crippen LogP contribution in [-0.2, 0) is 4.74 Å². The summed E-state index contributed by atoms with van der Waals surface area (Å²) >= 11 is 0. The molecular weight excluding hydrogens is 268 g/mol. The highest BCUT2D eigenvalue weighted by Gasteiger charge is 2.42. The van der Waals surface area contributed by atoms with Crippen LogP contribution in [0, 0.1) is 6.92 Å². The number of nitrogens with one attached hydrogen (secondary N) is 1. The molecule has 1 N–H and O–H groups in total. The number of methoxy groups -OCH3 is 1. The molecule has 1 aromatic carbocycles. The first-order valence-electron chi connectivity index (χ1n) is 7.27. The molecule has 1 atom stereocenters. The minimum absolute atomic E-state index is 0.0177. The van der Waals surface area contributed by atoms with Crippen molar-refractivity contribution in [1.29, 1.82) is 0 Å². The lowest BCUT2D eigenvalue weighted by Crippen LogP contribution is -2.56. The summed E-state index contributed by atoms with van der Waals surface area (Å²) in [4.78, 5) is 16.6. The molecule has 2 aromatic rings. The van der Waals surface area contributed by atoms with Crippen molar-refractivity contribution < 1.29 is 13.9 Å². The number of carbonyl (C=O) groups excluding carboxylic acids is 1. The number of nitrogens with zero attached hydrogens (tertiary/aromatic N) is 1. The van der Waals surface area contributed by atoms with Crippen LogP contribution < -0.4 is 5.32 Å². The Labute approximate surface area is 123 Å². The first-order chi connectivity index (χ1) is 10.0. The Morgan fingerprint density at radius 3 is 2.86 bits per heavy atom. The van der Waals surface area contributed by atoms with Crippen LogP contribution >= 0.6 is 0 Å².